The molecular weight excluding hydrogens is 142 g/mol. The van der Waals surface area contributed by atoms with Gasteiger partial charge in [-0.15, -0.1) is 0 Å². The molecule has 0 radical (unpaired) electrons. The molecule has 0 spiro atoms. The summed E-state index contributed by atoms with van der Waals surface area (Å²) in [4.78, 5) is 10.2. The van der Waals surface area contributed by atoms with Gasteiger partial charge in [0.05, 0.1) is 0 Å². The highest BCUT2D eigenvalue weighted by molar-refractivity contribution is 5.80. The smallest absolute Gasteiger partial charge is 0.330 e. The quantitative estimate of drug-likeness (QED) is 0.595. The summed E-state index contributed by atoms with van der Waals surface area (Å²) in [5.41, 5.74) is 0.598. The molecule has 0 aromatic heterocycles. The predicted molar refractivity (Wildman–Crippen MR) is 44.3 cm³/mol. The van der Waals surface area contributed by atoms with Gasteiger partial charge in [0.2, 0.25) is 0 Å². The lowest BCUT2D eigenvalue weighted by Crippen LogP contribution is -2.34. The first kappa shape index (κ1) is 10.0. The molecule has 0 aromatic carbocycles. The summed E-state index contributed by atoms with van der Waals surface area (Å²) in [5.74, 6) is -0.917. The lowest BCUT2D eigenvalue weighted by Gasteiger charge is -2.21. The van der Waals surface area contributed by atoms with Gasteiger partial charge in [-0.25, -0.2) is 4.79 Å². The van der Waals surface area contributed by atoms with Gasteiger partial charge in [-0.05, 0) is 27.7 Å². The number of carboxylic acids is 1. The summed E-state index contributed by atoms with van der Waals surface area (Å²) in [6.07, 6.45) is 1.16. The van der Waals surface area contributed by atoms with Crippen molar-refractivity contribution in [3.05, 3.63) is 11.8 Å². The minimum absolute atomic E-state index is 0.0734. The Morgan fingerprint density at radius 3 is 2.18 bits per heavy atom. The lowest BCUT2D eigenvalue weighted by atomic mass is 10.1. The molecule has 0 saturated carbocycles. The molecule has 0 saturated heterocycles. The standard InChI is InChI=1S/C8H15NO2/c1-6(5-7(10)11)9-8(2,3)4/h5,9H,1-4H3,(H,10,11). The summed E-state index contributed by atoms with van der Waals surface area (Å²) in [7, 11) is 0. The van der Waals surface area contributed by atoms with Crippen LogP contribution in [0.25, 0.3) is 0 Å². The SMILES string of the molecule is CC(=CC(=O)O)NC(C)(C)C. The molecule has 0 aromatic rings. The summed E-state index contributed by atoms with van der Waals surface area (Å²) in [6, 6.07) is 0. The fourth-order valence-corrected chi connectivity index (χ4v) is 0.813. The number of rotatable bonds is 2. The van der Waals surface area contributed by atoms with E-state index < -0.39 is 5.97 Å². The van der Waals surface area contributed by atoms with Crippen LogP contribution in [0.4, 0.5) is 0 Å². The number of nitrogens with one attached hydrogen (secondary N) is 1. The molecule has 0 aliphatic carbocycles. The monoisotopic (exact) mass is 157 g/mol. The van der Waals surface area contributed by atoms with E-state index in [0.29, 0.717) is 5.70 Å². The van der Waals surface area contributed by atoms with Crippen molar-refractivity contribution >= 4 is 5.97 Å². The Kier molecular flexibility index (Phi) is 3.11. The van der Waals surface area contributed by atoms with Crippen LogP contribution in [-0.4, -0.2) is 16.6 Å². The van der Waals surface area contributed by atoms with Crippen molar-refractivity contribution in [2.75, 3.05) is 0 Å². The van der Waals surface area contributed by atoms with Crippen molar-refractivity contribution in [1.82, 2.24) is 5.32 Å². The molecule has 0 amide bonds. The first-order valence-electron chi connectivity index (χ1n) is 3.51. The average Bonchev–Trinajstić information content (AvgIpc) is 1.53. The third kappa shape index (κ3) is 6.90. The lowest BCUT2D eigenvalue weighted by molar-refractivity contribution is -0.131. The Bertz CT molecular complexity index is 177. The third-order valence-electron chi connectivity index (χ3n) is 0.912. The zero-order valence-electron chi connectivity index (χ0n) is 7.43. The normalized spacial score (nSPS) is 12.9. The molecule has 0 bridgehead atoms. The molecule has 64 valence electrons. The summed E-state index contributed by atoms with van der Waals surface area (Å²) in [6.45, 7) is 7.67. The van der Waals surface area contributed by atoms with Gasteiger partial charge in [-0.3, -0.25) is 0 Å². The highest BCUT2D eigenvalue weighted by Gasteiger charge is 2.08. The average molecular weight is 157 g/mol. The highest BCUT2D eigenvalue weighted by Crippen LogP contribution is 2.02. The van der Waals surface area contributed by atoms with Crippen LogP contribution in [0.2, 0.25) is 0 Å². The number of allylic oxidation sites excluding steroid dienone is 1. The van der Waals surface area contributed by atoms with E-state index in [9.17, 15) is 4.79 Å². The first-order valence-corrected chi connectivity index (χ1v) is 3.51. The van der Waals surface area contributed by atoms with Gasteiger partial charge in [0.15, 0.2) is 0 Å². The summed E-state index contributed by atoms with van der Waals surface area (Å²) >= 11 is 0. The van der Waals surface area contributed by atoms with E-state index in [1.165, 1.54) is 0 Å². The maximum Gasteiger partial charge on any atom is 0.330 e. The third-order valence-corrected chi connectivity index (χ3v) is 0.912. The van der Waals surface area contributed by atoms with Crippen molar-refractivity contribution in [3.8, 4) is 0 Å². The molecule has 0 aliphatic heterocycles. The topological polar surface area (TPSA) is 49.3 Å². The van der Waals surface area contributed by atoms with E-state index in [2.05, 4.69) is 5.32 Å². The van der Waals surface area contributed by atoms with E-state index in [-0.39, 0.29) is 5.54 Å². The Hall–Kier alpha value is -0.990. The summed E-state index contributed by atoms with van der Waals surface area (Å²) in [5, 5.41) is 11.4. The first-order chi connectivity index (χ1) is 4.81. The van der Waals surface area contributed by atoms with E-state index in [1.54, 1.807) is 6.92 Å². The van der Waals surface area contributed by atoms with Gasteiger partial charge in [0.25, 0.3) is 0 Å². The minimum atomic E-state index is -0.917. The van der Waals surface area contributed by atoms with Crippen LogP contribution in [0, 0.1) is 0 Å². The van der Waals surface area contributed by atoms with Gasteiger partial charge >= 0.3 is 5.97 Å². The zero-order valence-corrected chi connectivity index (χ0v) is 7.43. The Labute approximate surface area is 67.1 Å². The molecule has 2 N–H and O–H groups in total. The molecule has 0 fully saturated rings. The summed E-state index contributed by atoms with van der Waals surface area (Å²) < 4.78 is 0. The highest BCUT2D eigenvalue weighted by atomic mass is 16.4. The molecule has 0 atom stereocenters. The van der Waals surface area contributed by atoms with E-state index in [0.717, 1.165) is 6.08 Å². The van der Waals surface area contributed by atoms with E-state index in [4.69, 9.17) is 5.11 Å². The van der Waals surface area contributed by atoms with Crippen molar-refractivity contribution < 1.29 is 9.90 Å². The van der Waals surface area contributed by atoms with Crippen LogP contribution in [0.1, 0.15) is 27.7 Å². The second-order valence-corrected chi connectivity index (χ2v) is 3.54. The largest absolute Gasteiger partial charge is 0.478 e. The molecule has 0 unspecified atom stereocenters. The second-order valence-electron chi connectivity index (χ2n) is 3.54. The van der Waals surface area contributed by atoms with Crippen LogP contribution >= 0.6 is 0 Å². The minimum Gasteiger partial charge on any atom is -0.478 e. The zero-order chi connectivity index (χ0) is 9.07. The maximum atomic E-state index is 10.2. The molecule has 0 rings (SSSR count). The fraction of sp³-hybridized carbons (Fsp3) is 0.625. The van der Waals surface area contributed by atoms with Crippen LogP contribution in [0.5, 0.6) is 0 Å². The fourth-order valence-electron chi connectivity index (χ4n) is 0.813. The van der Waals surface area contributed by atoms with Crippen LogP contribution < -0.4 is 5.32 Å². The van der Waals surface area contributed by atoms with Gasteiger partial charge in [-0.2, -0.15) is 0 Å². The number of hydrogen-bond donors (Lipinski definition) is 2. The second kappa shape index (κ2) is 3.42. The van der Waals surface area contributed by atoms with Crippen molar-refractivity contribution in [3.63, 3.8) is 0 Å². The molecule has 0 heterocycles. The van der Waals surface area contributed by atoms with Gasteiger partial charge < -0.3 is 10.4 Å². The van der Waals surface area contributed by atoms with Crippen molar-refractivity contribution in [1.29, 1.82) is 0 Å². The van der Waals surface area contributed by atoms with E-state index >= 15 is 0 Å². The van der Waals surface area contributed by atoms with Gasteiger partial charge in [0, 0.05) is 17.3 Å². The number of carbonyl (C=O) groups is 1. The van der Waals surface area contributed by atoms with Crippen LogP contribution in [-0.2, 0) is 4.79 Å². The van der Waals surface area contributed by atoms with Crippen molar-refractivity contribution in [2.45, 2.75) is 33.2 Å². The molecule has 11 heavy (non-hydrogen) atoms. The van der Waals surface area contributed by atoms with Crippen molar-refractivity contribution in [2.24, 2.45) is 0 Å². The predicted octanol–water partition coefficient (Wildman–Crippen LogP) is 1.36. The van der Waals surface area contributed by atoms with Gasteiger partial charge in [-0.1, -0.05) is 0 Å². The van der Waals surface area contributed by atoms with Crippen LogP contribution in [0.3, 0.4) is 0 Å². The Morgan fingerprint density at radius 2 is 1.91 bits per heavy atom. The van der Waals surface area contributed by atoms with Gasteiger partial charge in [0.1, 0.15) is 0 Å². The molecule has 3 nitrogen and oxygen atoms in total. The Balaban J connectivity index is 4.07. The Morgan fingerprint density at radius 1 is 1.45 bits per heavy atom. The molecule has 3 heteroatoms. The number of aliphatic carboxylic acids is 1. The maximum absolute atomic E-state index is 10.2. The molecular formula is C8H15NO2. The number of hydrogen-bond acceptors (Lipinski definition) is 2. The molecule has 0 aliphatic rings. The van der Waals surface area contributed by atoms with Crippen LogP contribution in [0.15, 0.2) is 11.8 Å². The van der Waals surface area contributed by atoms with E-state index in [1.807, 2.05) is 20.8 Å². The number of carboxylic acid groups (broad SMARTS) is 1.